The topological polar surface area (TPSA) is 126 Å². The summed E-state index contributed by atoms with van der Waals surface area (Å²) in [6.07, 6.45) is 0. The van der Waals surface area contributed by atoms with E-state index in [1.54, 1.807) is 0 Å². The molecule has 0 atom stereocenters. The quantitative estimate of drug-likeness (QED) is 0.553. The Balaban J connectivity index is 0.000000251. The van der Waals surface area contributed by atoms with Gasteiger partial charge in [-0.15, -0.1) is 0 Å². The number of benzene rings is 1. The van der Waals surface area contributed by atoms with Crippen molar-refractivity contribution in [1.82, 2.24) is 15.0 Å². The maximum Gasteiger partial charge on any atom is 0.337 e. The Bertz CT molecular complexity index is 720. The van der Waals surface area contributed by atoms with Gasteiger partial charge >= 0.3 is 5.97 Å². The van der Waals surface area contributed by atoms with Crippen molar-refractivity contribution in [3.8, 4) is 0 Å². The monoisotopic (exact) mass is 406 g/mol. The average Bonchev–Trinajstić information content (AvgIpc) is 2.51. The molecule has 1 aromatic carbocycles. The molecule has 11 heteroatoms. The van der Waals surface area contributed by atoms with Crippen molar-refractivity contribution < 1.29 is 9.90 Å². The van der Waals surface area contributed by atoms with Crippen LogP contribution in [0, 0.1) is 0 Å². The summed E-state index contributed by atoms with van der Waals surface area (Å²) in [4.78, 5) is 22.4. The number of nitrogen functional groups attached to an aromatic ring is 1. The first-order valence-corrected chi connectivity index (χ1v) is 8.28. The van der Waals surface area contributed by atoms with Crippen LogP contribution in [0.15, 0.2) is 12.1 Å². The van der Waals surface area contributed by atoms with E-state index >= 15 is 0 Å². The predicted octanol–water partition coefficient (Wildman–Crippen LogP) is 3.66. The van der Waals surface area contributed by atoms with Crippen LogP contribution in [0.5, 0.6) is 0 Å². The van der Waals surface area contributed by atoms with Crippen molar-refractivity contribution in [2.24, 2.45) is 0 Å². The van der Waals surface area contributed by atoms with E-state index in [1.807, 2.05) is 13.8 Å². The molecule has 136 valence electrons. The Morgan fingerprint density at radius 1 is 1.08 bits per heavy atom. The van der Waals surface area contributed by atoms with Gasteiger partial charge in [0.1, 0.15) is 0 Å². The van der Waals surface area contributed by atoms with E-state index < -0.39 is 5.97 Å². The molecule has 0 amide bonds. The molecule has 25 heavy (non-hydrogen) atoms. The van der Waals surface area contributed by atoms with Gasteiger partial charge in [0, 0.05) is 18.1 Å². The number of halogens is 3. The third-order valence-electron chi connectivity index (χ3n) is 2.57. The van der Waals surface area contributed by atoms with Gasteiger partial charge in [-0.1, -0.05) is 23.2 Å². The van der Waals surface area contributed by atoms with E-state index in [0.29, 0.717) is 11.9 Å². The molecule has 0 unspecified atom stereocenters. The Morgan fingerprint density at radius 3 is 2.04 bits per heavy atom. The van der Waals surface area contributed by atoms with E-state index in [9.17, 15) is 4.79 Å². The van der Waals surface area contributed by atoms with Gasteiger partial charge in [0.15, 0.2) is 0 Å². The number of nitrogens with two attached hydrogens (primary N) is 1. The number of carboxylic acid groups (broad SMARTS) is 1. The van der Waals surface area contributed by atoms with E-state index in [1.165, 1.54) is 12.1 Å². The second-order valence-corrected chi connectivity index (χ2v) is 5.63. The van der Waals surface area contributed by atoms with Crippen LogP contribution in [0.4, 0.5) is 17.6 Å². The highest BCUT2D eigenvalue weighted by Gasteiger charge is 2.11. The van der Waals surface area contributed by atoms with Crippen LogP contribution in [-0.2, 0) is 0 Å². The third-order valence-corrected chi connectivity index (χ3v) is 3.38. The number of hydrogen-bond acceptors (Lipinski definition) is 7. The predicted molar refractivity (Wildman–Crippen MR) is 101 cm³/mol. The van der Waals surface area contributed by atoms with E-state index in [-0.39, 0.29) is 26.6 Å². The van der Waals surface area contributed by atoms with Crippen LogP contribution < -0.4 is 16.4 Å². The summed E-state index contributed by atoms with van der Waals surface area (Å²) in [5.41, 5.74) is 5.47. The van der Waals surface area contributed by atoms with Crippen LogP contribution in [0.25, 0.3) is 0 Å². The lowest BCUT2D eigenvalue weighted by atomic mass is 10.2. The fourth-order valence-corrected chi connectivity index (χ4v) is 2.17. The lowest BCUT2D eigenvalue weighted by Gasteiger charge is -2.04. The SMILES string of the molecule is CCNc1nc(Cl)nc(NCC)n1.Nc1cc(Cl)cc(C(=O)O)c1Cl. The van der Waals surface area contributed by atoms with Gasteiger partial charge in [0.2, 0.25) is 17.2 Å². The van der Waals surface area contributed by atoms with E-state index in [4.69, 9.17) is 45.6 Å². The van der Waals surface area contributed by atoms with Gasteiger partial charge in [0.25, 0.3) is 0 Å². The molecule has 8 nitrogen and oxygen atoms in total. The molecule has 1 aromatic heterocycles. The summed E-state index contributed by atoms with van der Waals surface area (Å²) in [6.45, 7) is 5.44. The van der Waals surface area contributed by atoms with Gasteiger partial charge < -0.3 is 21.5 Å². The molecule has 2 aromatic rings. The summed E-state index contributed by atoms with van der Waals surface area (Å²) in [5, 5.41) is 15.0. The van der Waals surface area contributed by atoms with Gasteiger partial charge in [-0.05, 0) is 37.6 Å². The highest BCUT2D eigenvalue weighted by Crippen LogP contribution is 2.27. The minimum absolute atomic E-state index is 0.0203. The fraction of sp³-hybridized carbons (Fsp3) is 0.286. The van der Waals surface area contributed by atoms with Crippen molar-refractivity contribution in [3.63, 3.8) is 0 Å². The van der Waals surface area contributed by atoms with Crippen LogP contribution in [0.3, 0.4) is 0 Å². The molecule has 0 spiro atoms. The molecule has 0 saturated heterocycles. The highest BCUT2D eigenvalue weighted by atomic mass is 35.5. The fourth-order valence-electron chi connectivity index (χ4n) is 1.59. The molecule has 5 N–H and O–H groups in total. The Kier molecular flexibility index (Phi) is 8.47. The second-order valence-electron chi connectivity index (χ2n) is 4.47. The third kappa shape index (κ3) is 6.77. The van der Waals surface area contributed by atoms with Crippen molar-refractivity contribution in [1.29, 1.82) is 0 Å². The maximum atomic E-state index is 10.5. The molecule has 1 heterocycles. The summed E-state index contributed by atoms with van der Waals surface area (Å²) in [7, 11) is 0. The number of anilines is 3. The number of carboxylic acids is 1. The first-order chi connectivity index (χ1) is 11.8. The zero-order chi connectivity index (χ0) is 19.0. The van der Waals surface area contributed by atoms with Crippen LogP contribution in [0.2, 0.25) is 15.3 Å². The van der Waals surface area contributed by atoms with E-state index in [2.05, 4.69) is 25.6 Å². The summed E-state index contributed by atoms with van der Waals surface area (Å²) < 4.78 is 0. The first kappa shape index (κ1) is 21.0. The van der Waals surface area contributed by atoms with Crippen LogP contribution in [-0.4, -0.2) is 39.1 Å². The summed E-state index contributed by atoms with van der Waals surface area (Å²) in [6, 6.07) is 2.65. The molecule has 2 rings (SSSR count). The summed E-state index contributed by atoms with van der Waals surface area (Å²) >= 11 is 16.8. The van der Waals surface area contributed by atoms with Gasteiger partial charge in [-0.2, -0.15) is 15.0 Å². The van der Waals surface area contributed by atoms with Gasteiger partial charge in [0.05, 0.1) is 16.3 Å². The largest absolute Gasteiger partial charge is 0.478 e. The normalized spacial score (nSPS) is 9.80. The van der Waals surface area contributed by atoms with Gasteiger partial charge in [-0.3, -0.25) is 0 Å². The number of nitrogens with one attached hydrogen (secondary N) is 2. The molecule has 0 saturated carbocycles. The van der Waals surface area contributed by atoms with Crippen LogP contribution >= 0.6 is 34.8 Å². The molecule has 0 aliphatic heterocycles. The second kappa shape index (κ2) is 10.1. The molecular weight excluding hydrogens is 391 g/mol. The van der Waals surface area contributed by atoms with Crippen molar-refractivity contribution in [2.75, 3.05) is 29.5 Å². The standard InChI is InChI=1S/C7H5Cl2NO2.C7H12ClN5/c8-3-1-4(7(11)12)6(9)5(10)2-3;1-3-9-6-11-5(8)12-7(13-6)10-4-2/h1-2H,10H2,(H,11,12);3-4H2,1-2H3,(H2,9,10,11,12,13). The lowest BCUT2D eigenvalue weighted by molar-refractivity contribution is 0.0697. The number of aromatic carboxylic acids is 1. The molecule has 0 radical (unpaired) electrons. The molecule has 0 fully saturated rings. The Morgan fingerprint density at radius 2 is 1.60 bits per heavy atom. The zero-order valence-electron chi connectivity index (χ0n) is 13.5. The van der Waals surface area contributed by atoms with E-state index in [0.717, 1.165) is 13.1 Å². The highest BCUT2D eigenvalue weighted by molar-refractivity contribution is 6.37. The number of carbonyl (C=O) groups is 1. The van der Waals surface area contributed by atoms with Crippen molar-refractivity contribution >= 4 is 58.4 Å². The number of aromatic nitrogens is 3. The lowest BCUT2D eigenvalue weighted by Crippen LogP contribution is -2.08. The summed E-state index contributed by atoms with van der Waals surface area (Å²) in [5.74, 6) is -0.147. The number of rotatable bonds is 5. The molecule has 0 aliphatic carbocycles. The van der Waals surface area contributed by atoms with Gasteiger partial charge in [-0.25, -0.2) is 4.79 Å². The molecular formula is C14H17Cl3N6O2. The Labute approximate surface area is 159 Å². The van der Waals surface area contributed by atoms with Crippen molar-refractivity contribution in [3.05, 3.63) is 33.0 Å². The molecule has 0 aliphatic rings. The minimum Gasteiger partial charge on any atom is -0.478 e. The van der Waals surface area contributed by atoms with Crippen LogP contribution in [0.1, 0.15) is 24.2 Å². The first-order valence-electron chi connectivity index (χ1n) is 7.15. The minimum atomic E-state index is -1.14. The maximum absolute atomic E-state index is 10.5. The number of hydrogen-bond donors (Lipinski definition) is 4. The number of nitrogens with zero attached hydrogens (tertiary/aromatic N) is 3. The smallest absolute Gasteiger partial charge is 0.337 e. The van der Waals surface area contributed by atoms with Crippen molar-refractivity contribution in [2.45, 2.75) is 13.8 Å². The molecule has 0 bridgehead atoms. The zero-order valence-corrected chi connectivity index (χ0v) is 15.7. The average molecular weight is 408 g/mol. The Hall–Kier alpha value is -2.03.